The van der Waals surface area contributed by atoms with Crippen molar-refractivity contribution in [2.24, 2.45) is 0 Å². The molecule has 0 unspecified atom stereocenters. The molecule has 22 heavy (non-hydrogen) atoms. The van der Waals surface area contributed by atoms with E-state index in [-0.39, 0.29) is 5.91 Å². The third-order valence-electron chi connectivity index (χ3n) is 4.08. The molecule has 0 aliphatic carbocycles. The first-order valence-corrected chi connectivity index (χ1v) is 8.18. The average molecular weight is 305 g/mol. The Morgan fingerprint density at radius 3 is 2.64 bits per heavy atom. The number of ether oxygens (including phenoxy) is 1. The molecule has 1 heterocycles. The van der Waals surface area contributed by atoms with Crippen LogP contribution in [0.25, 0.3) is 0 Å². The summed E-state index contributed by atoms with van der Waals surface area (Å²) in [6.07, 6.45) is 2.30. The van der Waals surface area contributed by atoms with Crippen LogP contribution < -0.4 is 10.6 Å². The molecule has 5 nitrogen and oxygen atoms in total. The van der Waals surface area contributed by atoms with E-state index in [1.54, 1.807) is 0 Å². The van der Waals surface area contributed by atoms with Crippen LogP contribution in [-0.4, -0.2) is 50.2 Å². The molecule has 1 amide bonds. The lowest BCUT2D eigenvalue weighted by atomic mass is 10.1. The normalized spacial score (nSPS) is 14.9. The number of hydrogen-bond acceptors (Lipinski definition) is 4. The highest BCUT2D eigenvalue weighted by molar-refractivity contribution is 5.96. The Kier molecular flexibility index (Phi) is 6.07. The Hall–Kier alpha value is -1.75. The number of carbonyl (C=O) groups is 1. The first-order valence-electron chi connectivity index (χ1n) is 8.18. The molecule has 0 spiro atoms. The van der Waals surface area contributed by atoms with Crippen LogP contribution in [0.3, 0.4) is 0 Å². The highest BCUT2D eigenvalue weighted by Gasteiger charge is 2.19. The van der Waals surface area contributed by atoms with Gasteiger partial charge in [0.05, 0.1) is 24.6 Å². The molecule has 5 heteroatoms. The highest BCUT2D eigenvalue weighted by Crippen LogP contribution is 2.25. The molecule has 2 rings (SSSR count). The predicted molar refractivity (Wildman–Crippen MR) is 90.4 cm³/mol. The lowest BCUT2D eigenvalue weighted by molar-refractivity contribution is 0.0303. The van der Waals surface area contributed by atoms with E-state index >= 15 is 0 Å². The molecule has 1 saturated heterocycles. The Balaban J connectivity index is 2.12. The largest absolute Gasteiger partial charge is 0.397 e. The highest BCUT2D eigenvalue weighted by atomic mass is 16.5. The summed E-state index contributed by atoms with van der Waals surface area (Å²) in [4.78, 5) is 16.6. The Morgan fingerprint density at radius 2 is 2.05 bits per heavy atom. The molecule has 0 aromatic heterocycles. The van der Waals surface area contributed by atoms with Gasteiger partial charge in [0, 0.05) is 31.7 Å². The number of rotatable bonds is 6. The molecule has 2 N–H and O–H groups in total. The van der Waals surface area contributed by atoms with Crippen LogP contribution in [0, 0.1) is 0 Å². The maximum atomic E-state index is 12.5. The number of unbranched alkanes of at least 4 members (excludes halogenated alkanes) is 1. The average Bonchev–Trinajstić information content (AvgIpc) is 2.56. The van der Waals surface area contributed by atoms with Gasteiger partial charge in [0.1, 0.15) is 0 Å². The van der Waals surface area contributed by atoms with Gasteiger partial charge in [-0.3, -0.25) is 4.79 Å². The van der Waals surface area contributed by atoms with Crippen molar-refractivity contribution in [3.63, 3.8) is 0 Å². The molecule has 0 saturated carbocycles. The van der Waals surface area contributed by atoms with E-state index in [2.05, 4.69) is 18.7 Å². The van der Waals surface area contributed by atoms with Crippen LogP contribution in [0.15, 0.2) is 18.2 Å². The molecule has 1 fully saturated rings. The number of nitrogens with two attached hydrogens (primary N) is 1. The summed E-state index contributed by atoms with van der Waals surface area (Å²) in [5.74, 6) is 0.0400. The van der Waals surface area contributed by atoms with E-state index in [1.165, 1.54) is 0 Å². The van der Waals surface area contributed by atoms with E-state index in [0.29, 0.717) is 37.6 Å². The molecule has 1 aliphatic rings. The van der Waals surface area contributed by atoms with Crippen LogP contribution in [-0.2, 0) is 4.74 Å². The minimum absolute atomic E-state index is 0.0400. The molecule has 0 bridgehead atoms. The minimum Gasteiger partial charge on any atom is -0.397 e. The maximum Gasteiger partial charge on any atom is 0.254 e. The number of anilines is 2. The second-order valence-corrected chi connectivity index (χ2v) is 5.61. The lowest BCUT2D eigenvalue weighted by Gasteiger charge is -2.28. The Morgan fingerprint density at radius 1 is 1.32 bits per heavy atom. The van der Waals surface area contributed by atoms with Crippen molar-refractivity contribution in [1.82, 2.24) is 4.90 Å². The molecular weight excluding hydrogens is 278 g/mol. The van der Waals surface area contributed by atoms with Gasteiger partial charge in [-0.1, -0.05) is 13.3 Å². The van der Waals surface area contributed by atoms with Crippen LogP contribution in [0.5, 0.6) is 0 Å². The summed E-state index contributed by atoms with van der Waals surface area (Å²) >= 11 is 0. The van der Waals surface area contributed by atoms with Crippen LogP contribution in [0.2, 0.25) is 0 Å². The zero-order valence-corrected chi connectivity index (χ0v) is 13.7. The standard InChI is InChI=1S/C17H27N3O2/c1-3-5-8-19(4-2)16-7-6-14(13-15(16)18)17(21)20-9-11-22-12-10-20/h6-7,13H,3-5,8-12,18H2,1-2H3. The second kappa shape index (κ2) is 8.03. The summed E-state index contributed by atoms with van der Waals surface area (Å²) in [5.41, 5.74) is 8.56. The van der Waals surface area contributed by atoms with Crippen LogP contribution in [0.1, 0.15) is 37.0 Å². The number of hydrogen-bond donors (Lipinski definition) is 1. The number of carbonyl (C=O) groups excluding carboxylic acids is 1. The van der Waals surface area contributed by atoms with Gasteiger partial charge in [0.25, 0.3) is 5.91 Å². The number of nitrogen functional groups attached to an aromatic ring is 1. The quantitative estimate of drug-likeness (QED) is 0.820. The predicted octanol–water partition coefficient (Wildman–Crippen LogP) is 2.37. The number of amides is 1. The maximum absolute atomic E-state index is 12.5. The molecule has 122 valence electrons. The van der Waals surface area contributed by atoms with Crippen molar-refractivity contribution in [3.05, 3.63) is 23.8 Å². The lowest BCUT2D eigenvalue weighted by Crippen LogP contribution is -2.40. The van der Waals surface area contributed by atoms with Crippen LogP contribution in [0.4, 0.5) is 11.4 Å². The summed E-state index contributed by atoms with van der Waals surface area (Å²) in [6, 6.07) is 5.67. The van der Waals surface area contributed by atoms with E-state index in [0.717, 1.165) is 31.6 Å². The van der Waals surface area contributed by atoms with Crippen molar-refractivity contribution >= 4 is 17.3 Å². The Bertz CT molecular complexity index is 499. The molecule has 1 aromatic carbocycles. The van der Waals surface area contributed by atoms with Gasteiger partial charge in [-0.05, 0) is 31.5 Å². The van der Waals surface area contributed by atoms with Gasteiger partial charge in [-0.2, -0.15) is 0 Å². The van der Waals surface area contributed by atoms with Crippen molar-refractivity contribution < 1.29 is 9.53 Å². The van der Waals surface area contributed by atoms with E-state index in [4.69, 9.17) is 10.5 Å². The molecule has 0 radical (unpaired) electrons. The van der Waals surface area contributed by atoms with Gasteiger partial charge in [0.15, 0.2) is 0 Å². The molecule has 1 aromatic rings. The van der Waals surface area contributed by atoms with Gasteiger partial charge >= 0.3 is 0 Å². The van der Waals surface area contributed by atoms with Crippen molar-refractivity contribution in [2.45, 2.75) is 26.7 Å². The third kappa shape index (κ3) is 3.91. The first-order chi connectivity index (χ1) is 10.7. The van der Waals surface area contributed by atoms with Crippen molar-refractivity contribution in [3.8, 4) is 0 Å². The summed E-state index contributed by atoms with van der Waals surface area (Å²) < 4.78 is 5.29. The van der Waals surface area contributed by atoms with Gasteiger partial charge in [-0.15, -0.1) is 0 Å². The van der Waals surface area contributed by atoms with Crippen LogP contribution >= 0.6 is 0 Å². The molecule has 1 aliphatic heterocycles. The fourth-order valence-electron chi connectivity index (χ4n) is 2.72. The SMILES string of the molecule is CCCCN(CC)c1ccc(C(=O)N2CCOCC2)cc1N. The summed E-state index contributed by atoms with van der Waals surface area (Å²) in [5, 5.41) is 0. The Labute approximate surface area is 133 Å². The van der Waals surface area contributed by atoms with Crippen molar-refractivity contribution in [2.75, 3.05) is 50.0 Å². The third-order valence-corrected chi connectivity index (χ3v) is 4.08. The van der Waals surface area contributed by atoms with E-state index < -0.39 is 0 Å². The number of nitrogens with zero attached hydrogens (tertiary/aromatic N) is 2. The second-order valence-electron chi connectivity index (χ2n) is 5.61. The number of morpholine rings is 1. The monoisotopic (exact) mass is 305 g/mol. The zero-order chi connectivity index (χ0) is 15.9. The smallest absolute Gasteiger partial charge is 0.254 e. The van der Waals surface area contributed by atoms with E-state index in [1.807, 2.05) is 23.1 Å². The van der Waals surface area contributed by atoms with Gasteiger partial charge in [0.2, 0.25) is 0 Å². The van der Waals surface area contributed by atoms with Gasteiger partial charge < -0.3 is 20.3 Å². The zero-order valence-electron chi connectivity index (χ0n) is 13.7. The first kappa shape index (κ1) is 16.6. The topological polar surface area (TPSA) is 58.8 Å². The number of benzene rings is 1. The molecular formula is C17H27N3O2. The molecule has 0 atom stereocenters. The minimum atomic E-state index is 0.0400. The van der Waals surface area contributed by atoms with Crippen molar-refractivity contribution in [1.29, 1.82) is 0 Å². The fraction of sp³-hybridized carbons (Fsp3) is 0.588. The van der Waals surface area contributed by atoms with Gasteiger partial charge in [-0.25, -0.2) is 0 Å². The van der Waals surface area contributed by atoms with E-state index in [9.17, 15) is 4.79 Å². The summed E-state index contributed by atoms with van der Waals surface area (Å²) in [7, 11) is 0. The fourth-order valence-corrected chi connectivity index (χ4v) is 2.72. The summed E-state index contributed by atoms with van der Waals surface area (Å²) in [6.45, 7) is 8.74.